The van der Waals surface area contributed by atoms with Crippen LogP contribution in [0.5, 0.6) is 0 Å². The van der Waals surface area contributed by atoms with Crippen LogP contribution < -0.4 is 38.6 Å². The first kappa shape index (κ1) is 42.6. The Kier molecular flexibility index (Phi) is 15.1. The first-order valence-corrected chi connectivity index (χ1v) is 19.2. The number of imidazole rings is 1. The smallest absolute Gasteiger partial charge is 0.339 e. The Labute approximate surface area is 335 Å². The zero-order valence-corrected chi connectivity index (χ0v) is 32.4. The van der Waals surface area contributed by atoms with Crippen molar-refractivity contribution in [1.82, 2.24) is 46.2 Å². The van der Waals surface area contributed by atoms with Crippen molar-refractivity contribution in [3.05, 3.63) is 102 Å². The Balaban J connectivity index is 1.29. The third-order valence-corrected chi connectivity index (χ3v) is 9.85. The molecule has 7 amide bonds. The number of hydrogen-bond acceptors (Lipinski definition) is 9. The van der Waals surface area contributed by atoms with Gasteiger partial charge in [0.2, 0.25) is 23.6 Å². The summed E-state index contributed by atoms with van der Waals surface area (Å²) in [6.07, 6.45) is 9.94. The second kappa shape index (κ2) is 20.6. The Morgan fingerprint density at radius 1 is 0.828 bits per heavy atom. The van der Waals surface area contributed by atoms with Crippen molar-refractivity contribution in [2.24, 2.45) is 17.2 Å². The minimum absolute atomic E-state index is 0.0224. The molecule has 2 aromatic heterocycles. The summed E-state index contributed by atoms with van der Waals surface area (Å²) in [6, 6.07) is 10.5. The third-order valence-electron chi connectivity index (χ3n) is 9.85. The highest BCUT2D eigenvalue weighted by Crippen LogP contribution is 2.20. The molecule has 18 nitrogen and oxygen atoms in total. The van der Waals surface area contributed by atoms with E-state index in [1.165, 1.54) is 18.2 Å². The fraction of sp³-hybridized carbons (Fsp3) is 0.375. The molecule has 1 aliphatic heterocycles. The van der Waals surface area contributed by atoms with Gasteiger partial charge in [0.15, 0.2) is 0 Å². The first-order valence-electron chi connectivity index (χ1n) is 19.2. The van der Waals surface area contributed by atoms with Crippen LogP contribution in [0, 0.1) is 0 Å². The molecule has 0 saturated carbocycles. The maximum absolute atomic E-state index is 14.1. The van der Waals surface area contributed by atoms with Crippen molar-refractivity contribution >= 4 is 46.5 Å². The van der Waals surface area contributed by atoms with Crippen molar-refractivity contribution in [2.45, 2.75) is 75.7 Å². The summed E-state index contributed by atoms with van der Waals surface area (Å²) in [7, 11) is 0. The number of urea groups is 1. The number of unbranched alkanes of at least 4 members (excludes halogenated alkanes) is 1. The number of aromatic amines is 2. The predicted octanol–water partition coefficient (Wildman–Crippen LogP) is 0.0284. The number of nitrogens with zero attached hydrogens (tertiary/aromatic N) is 3. The van der Waals surface area contributed by atoms with Gasteiger partial charge in [0.25, 0.3) is 5.91 Å². The van der Waals surface area contributed by atoms with Gasteiger partial charge in [0, 0.05) is 54.8 Å². The van der Waals surface area contributed by atoms with Gasteiger partial charge in [-0.15, -0.1) is 0 Å². The van der Waals surface area contributed by atoms with Gasteiger partial charge in [0.05, 0.1) is 18.9 Å². The fourth-order valence-corrected chi connectivity index (χ4v) is 6.61. The Morgan fingerprint density at radius 2 is 1.55 bits per heavy atom. The number of aromatic nitrogens is 3. The number of rotatable bonds is 20. The SMILES string of the molecule is C[C@H](NC(=O)[C@@H](Cc1c[nH]c2ccccc12)NC(=O)[C@@H](N)Cc1cnc[nH]1)C(=O)NN1CC=CCN([C@H](Cc2ccccc2)C(=O)N[C@@H](CCCCN)C(N)=O)C1=O. The molecule has 2 aromatic carbocycles. The van der Waals surface area contributed by atoms with Crippen LogP contribution in [0.2, 0.25) is 0 Å². The van der Waals surface area contributed by atoms with Crippen molar-refractivity contribution in [3.8, 4) is 0 Å². The van der Waals surface area contributed by atoms with E-state index in [0.29, 0.717) is 25.1 Å². The lowest BCUT2D eigenvalue weighted by Gasteiger charge is -2.34. The highest BCUT2D eigenvalue weighted by Gasteiger charge is 2.36. The van der Waals surface area contributed by atoms with E-state index in [0.717, 1.165) is 27.0 Å². The number of benzene rings is 2. The molecular weight excluding hydrogens is 745 g/mol. The van der Waals surface area contributed by atoms with Crippen molar-refractivity contribution in [3.63, 3.8) is 0 Å². The summed E-state index contributed by atoms with van der Waals surface area (Å²) >= 11 is 0. The van der Waals surface area contributed by atoms with E-state index in [4.69, 9.17) is 17.2 Å². The molecule has 0 spiro atoms. The van der Waals surface area contributed by atoms with E-state index in [-0.39, 0.29) is 38.8 Å². The molecule has 0 bridgehead atoms. The van der Waals surface area contributed by atoms with E-state index in [2.05, 4.69) is 36.3 Å². The fourth-order valence-electron chi connectivity index (χ4n) is 6.61. The molecule has 4 aromatic rings. The molecule has 0 radical (unpaired) electrons. The zero-order valence-electron chi connectivity index (χ0n) is 32.4. The maximum atomic E-state index is 14.1. The Bertz CT molecular complexity index is 2050. The predicted molar refractivity (Wildman–Crippen MR) is 216 cm³/mol. The number of primary amides is 1. The van der Waals surface area contributed by atoms with Crippen LogP contribution in [0.3, 0.4) is 0 Å². The molecule has 1 aliphatic rings. The number of carbonyl (C=O) groups is 6. The molecule has 5 rings (SSSR count). The van der Waals surface area contributed by atoms with Gasteiger partial charge in [-0.2, -0.15) is 0 Å². The summed E-state index contributed by atoms with van der Waals surface area (Å²) in [4.78, 5) is 92.5. The molecule has 0 saturated heterocycles. The summed E-state index contributed by atoms with van der Waals surface area (Å²) in [5.41, 5.74) is 23.0. The lowest BCUT2D eigenvalue weighted by molar-refractivity contribution is -0.133. The first-order chi connectivity index (χ1) is 27.9. The van der Waals surface area contributed by atoms with E-state index in [9.17, 15) is 28.8 Å². The number of para-hydroxylation sites is 1. The number of nitrogens with one attached hydrogen (secondary N) is 6. The van der Waals surface area contributed by atoms with Gasteiger partial charge >= 0.3 is 6.03 Å². The molecule has 3 heterocycles. The van der Waals surface area contributed by atoms with Gasteiger partial charge in [-0.1, -0.05) is 60.7 Å². The summed E-state index contributed by atoms with van der Waals surface area (Å²) in [6.45, 7) is 1.84. The standard InChI is InChI=1S/C40H52N12O6/c1-25(47-38(56)33(20-27-22-45-31-14-6-5-13-29(27)31)49-37(55)30(42)21-28-23-44-24-46-28)36(54)50-52-18-10-9-17-51(40(52)58)34(19-26-11-3-2-4-12-26)39(57)48-32(35(43)53)15-7-8-16-41/h2-6,9-14,22-25,30,32-34,45H,7-8,15-21,41-42H2,1H3,(H2,43,53)(H,44,46)(H,47,56)(H,48,57)(H,49,55)(H,50,54)/t25-,30-,32-,33+,34+/m0/s1. The number of nitrogens with two attached hydrogens (primary N) is 3. The molecule has 0 fully saturated rings. The molecule has 18 heteroatoms. The second-order valence-electron chi connectivity index (χ2n) is 14.2. The summed E-state index contributed by atoms with van der Waals surface area (Å²) in [5, 5.41) is 10.0. The minimum Gasteiger partial charge on any atom is -0.368 e. The number of hydrazine groups is 1. The van der Waals surface area contributed by atoms with Crippen LogP contribution in [0.25, 0.3) is 10.9 Å². The molecule has 58 heavy (non-hydrogen) atoms. The topological polar surface area (TPSA) is 280 Å². The Morgan fingerprint density at radius 3 is 2.28 bits per heavy atom. The minimum atomic E-state index is -1.18. The number of H-pyrrole nitrogens is 2. The lowest BCUT2D eigenvalue weighted by atomic mass is 10.0. The highest BCUT2D eigenvalue weighted by molar-refractivity contribution is 5.95. The van der Waals surface area contributed by atoms with Gasteiger partial charge in [-0.05, 0) is 49.9 Å². The summed E-state index contributed by atoms with van der Waals surface area (Å²) < 4.78 is 0. The van der Waals surface area contributed by atoms with E-state index < -0.39 is 65.8 Å². The highest BCUT2D eigenvalue weighted by atomic mass is 16.2. The monoisotopic (exact) mass is 796 g/mol. The zero-order chi connectivity index (χ0) is 41.6. The maximum Gasteiger partial charge on any atom is 0.339 e. The van der Waals surface area contributed by atoms with Gasteiger partial charge in [-0.25, -0.2) is 14.8 Å². The number of fused-ring (bicyclic) bond motifs is 1. The van der Waals surface area contributed by atoms with Gasteiger partial charge < -0.3 is 48.0 Å². The van der Waals surface area contributed by atoms with Gasteiger partial charge in [0.1, 0.15) is 24.2 Å². The number of hydrogen-bond donors (Lipinski definition) is 9. The molecule has 308 valence electrons. The molecule has 0 aliphatic carbocycles. The lowest BCUT2D eigenvalue weighted by Crippen LogP contribution is -2.61. The second-order valence-corrected chi connectivity index (χ2v) is 14.2. The largest absolute Gasteiger partial charge is 0.368 e. The average Bonchev–Trinajstić information content (AvgIpc) is 3.84. The van der Waals surface area contributed by atoms with Crippen LogP contribution >= 0.6 is 0 Å². The molecule has 5 atom stereocenters. The Hall–Kier alpha value is -6.53. The molecule has 12 N–H and O–H groups in total. The number of carbonyl (C=O) groups excluding carboxylic acids is 6. The van der Waals surface area contributed by atoms with E-state index in [1.807, 2.05) is 54.6 Å². The van der Waals surface area contributed by atoms with Crippen LogP contribution in [0.15, 0.2) is 85.5 Å². The van der Waals surface area contributed by atoms with Crippen molar-refractivity contribution in [1.29, 1.82) is 0 Å². The quantitative estimate of drug-likeness (QED) is 0.0430. The normalized spacial score (nSPS) is 15.5. The van der Waals surface area contributed by atoms with Crippen LogP contribution in [0.1, 0.15) is 43.0 Å². The third kappa shape index (κ3) is 11.5. The summed E-state index contributed by atoms with van der Waals surface area (Å²) in [5.74, 6) is -3.28. The van der Waals surface area contributed by atoms with E-state index >= 15 is 0 Å². The molecule has 0 unspecified atom stereocenters. The van der Waals surface area contributed by atoms with Crippen molar-refractivity contribution in [2.75, 3.05) is 19.6 Å². The number of amides is 7. The van der Waals surface area contributed by atoms with Crippen LogP contribution in [0.4, 0.5) is 4.79 Å². The van der Waals surface area contributed by atoms with Gasteiger partial charge in [-0.3, -0.25) is 29.4 Å². The van der Waals surface area contributed by atoms with Crippen LogP contribution in [-0.4, -0.2) is 110 Å². The molecular formula is C40H52N12O6. The van der Waals surface area contributed by atoms with Crippen molar-refractivity contribution < 1.29 is 28.8 Å². The van der Waals surface area contributed by atoms with E-state index in [1.54, 1.807) is 24.5 Å². The average molecular weight is 797 g/mol. The van der Waals surface area contributed by atoms with Crippen LogP contribution in [-0.2, 0) is 43.2 Å².